The third-order valence-corrected chi connectivity index (χ3v) is 6.82. The fourth-order valence-corrected chi connectivity index (χ4v) is 4.94. The van der Waals surface area contributed by atoms with E-state index in [-0.39, 0.29) is 11.4 Å². The number of hydrogen-bond donors (Lipinski definition) is 3. The molecule has 0 fully saturated rings. The van der Waals surface area contributed by atoms with Gasteiger partial charge in [0.05, 0.1) is 12.6 Å². The van der Waals surface area contributed by atoms with Crippen molar-refractivity contribution in [3.8, 4) is 5.75 Å². The number of rotatable bonds is 9. The van der Waals surface area contributed by atoms with Crippen molar-refractivity contribution in [2.24, 2.45) is 0 Å². The quantitative estimate of drug-likeness (QED) is 0.263. The predicted octanol–water partition coefficient (Wildman–Crippen LogP) is 5.36. The number of hydrogen-bond acceptors (Lipinski definition) is 6. The van der Waals surface area contributed by atoms with E-state index in [4.69, 9.17) is 4.74 Å². The van der Waals surface area contributed by atoms with Gasteiger partial charge in [0.1, 0.15) is 5.82 Å². The molecule has 2 unspecified atom stereocenters. The van der Waals surface area contributed by atoms with Gasteiger partial charge >= 0.3 is 6.18 Å². The van der Waals surface area contributed by atoms with Crippen LogP contribution in [0.1, 0.15) is 18.2 Å². The van der Waals surface area contributed by atoms with Gasteiger partial charge in [0.2, 0.25) is 5.60 Å². The topological polar surface area (TPSA) is 66.4 Å². The van der Waals surface area contributed by atoms with Gasteiger partial charge < -0.3 is 15.2 Å². The van der Waals surface area contributed by atoms with E-state index < -0.39 is 46.1 Å². The second kappa shape index (κ2) is 10.2. The number of pyridine rings is 1. The Bertz CT molecular complexity index is 1210. The maximum absolute atomic E-state index is 14.8. The summed E-state index contributed by atoms with van der Waals surface area (Å²) in [6.45, 7) is 3.40. The summed E-state index contributed by atoms with van der Waals surface area (Å²) >= 11 is 0.826. The van der Waals surface area contributed by atoms with Crippen LogP contribution >= 0.6 is 11.8 Å². The van der Waals surface area contributed by atoms with Crippen LogP contribution in [0.5, 0.6) is 5.75 Å². The first-order valence-electron chi connectivity index (χ1n) is 10.7. The molecule has 0 aliphatic rings. The fourth-order valence-electron chi connectivity index (χ4n) is 4.06. The molecule has 0 spiro atoms. The molecule has 2 atom stereocenters. The van der Waals surface area contributed by atoms with Crippen LogP contribution in [-0.2, 0) is 5.66 Å². The number of anilines is 1. The van der Waals surface area contributed by atoms with Gasteiger partial charge in [0, 0.05) is 34.2 Å². The summed E-state index contributed by atoms with van der Waals surface area (Å²) in [7, 11) is 2.22. The number of halogens is 5. The molecule has 0 aliphatic carbocycles. The first-order chi connectivity index (χ1) is 16.4. The molecule has 190 valence electrons. The van der Waals surface area contributed by atoms with Gasteiger partial charge in [-0.15, -0.1) is 0 Å². The normalized spacial score (nSPS) is 15.5. The number of thioether (sulfide) groups is 1. The highest BCUT2D eigenvalue weighted by Gasteiger charge is 2.67. The third-order valence-electron chi connectivity index (χ3n) is 5.79. The first kappa shape index (κ1) is 27.0. The second-order valence-electron chi connectivity index (χ2n) is 7.91. The number of likely N-dealkylation sites (N-methyl/N-ethyl adjacent to an activating group) is 1. The lowest BCUT2D eigenvalue weighted by Gasteiger charge is -2.49. The Morgan fingerprint density at radius 1 is 1.11 bits per heavy atom. The van der Waals surface area contributed by atoms with Gasteiger partial charge in [-0.05, 0) is 50.1 Å². The summed E-state index contributed by atoms with van der Waals surface area (Å²) in [4.78, 5) is 4.39. The Balaban J connectivity index is 2.42. The number of fused-ring (bicyclic) bond motifs is 1. The smallest absolute Gasteiger partial charge is 0.422 e. The lowest BCUT2D eigenvalue weighted by Crippen LogP contribution is -2.71. The van der Waals surface area contributed by atoms with Crippen molar-refractivity contribution in [2.75, 3.05) is 31.0 Å². The number of aromatic nitrogens is 1. The highest BCUT2D eigenvalue weighted by molar-refractivity contribution is 7.99. The molecule has 0 saturated heterocycles. The highest BCUT2D eigenvalue weighted by atomic mass is 32.2. The van der Waals surface area contributed by atoms with Crippen molar-refractivity contribution >= 4 is 28.4 Å². The maximum atomic E-state index is 14.8. The van der Waals surface area contributed by atoms with Gasteiger partial charge in [-0.1, -0.05) is 13.0 Å². The Hall–Kier alpha value is -2.63. The van der Waals surface area contributed by atoms with Crippen LogP contribution in [0.25, 0.3) is 10.9 Å². The Morgan fingerprint density at radius 2 is 1.83 bits per heavy atom. The molecule has 3 aromatic rings. The fraction of sp³-hybridized carbons (Fsp3) is 0.375. The molecule has 1 heterocycles. The molecule has 11 heteroatoms. The van der Waals surface area contributed by atoms with E-state index >= 15 is 0 Å². The van der Waals surface area contributed by atoms with E-state index in [2.05, 4.69) is 15.6 Å². The molecular weight excluding hydrogens is 489 g/mol. The molecular formula is C24H26F5N3O2S. The number of aryl methyl sites for hydroxylation is 1. The SMILES string of the molecule is CCSCC(O)(C(F)(F)F)C(NC)(Nc1cccc2nc(C)ccc12)c1cc(F)cc(F)c1OC. The summed E-state index contributed by atoms with van der Waals surface area (Å²) < 4.78 is 78.4. The number of benzene rings is 2. The average Bonchev–Trinajstić information content (AvgIpc) is 2.79. The number of nitrogens with one attached hydrogen (secondary N) is 2. The molecule has 0 amide bonds. The molecule has 3 rings (SSSR count). The van der Waals surface area contributed by atoms with E-state index in [1.54, 1.807) is 38.1 Å². The third kappa shape index (κ3) is 4.76. The Morgan fingerprint density at radius 3 is 2.43 bits per heavy atom. The van der Waals surface area contributed by atoms with Gasteiger partial charge in [-0.2, -0.15) is 24.9 Å². The van der Waals surface area contributed by atoms with Crippen LogP contribution in [0.15, 0.2) is 42.5 Å². The number of methoxy groups -OCH3 is 1. The number of aliphatic hydroxyl groups is 1. The molecule has 1 aromatic heterocycles. The van der Waals surface area contributed by atoms with Crippen LogP contribution in [0.2, 0.25) is 0 Å². The summed E-state index contributed by atoms with van der Waals surface area (Å²) in [5, 5.41) is 17.2. The van der Waals surface area contributed by atoms with E-state index in [1.165, 1.54) is 6.07 Å². The average molecular weight is 516 g/mol. The van der Waals surface area contributed by atoms with Crippen LogP contribution in [0, 0.1) is 18.6 Å². The predicted molar refractivity (Wildman–Crippen MR) is 128 cm³/mol. The van der Waals surface area contributed by atoms with Crippen molar-refractivity contribution in [1.82, 2.24) is 10.3 Å². The molecule has 0 bridgehead atoms. The Labute approximate surface area is 204 Å². The van der Waals surface area contributed by atoms with Gasteiger partial charge in [-0.25, -0.2) is 8.78 Å². The van der Waals surface area contributed by atoms with E-state index in [9.17, 15) is 27.1 Å². The molecule has 5 nitrogen and oxygen atoms in total. The van der Waals surface area contributed by atoms with Crippen LogP contribution in [0.3, 0.4) is 0 Å². The van der Waals surface area contributed by atoms with Gasteiger partial charge in [0.15, 0.2) is 17.2 Å². The monoisotopic (exact) mass is 515 g/mol. The van der Waals surface area contributed by atoms with Crippen LogP contribution in [-0.4, -0.2) is 47.5 Å². The zero-order valence-corrected chi connectivity index (χ0v) is 20.4. The summed E-state index contributed by atoms with van der Waals surface area (Å²) in [5.41, 5.74) is -5.50. The minimum atomic E-state index is -5.24. The zero-order chi connectivity index (χ0) is 26.0. The molecule has 35 heavy (non-hydrogen) atoms. The van der Waals surface area contributed by atoms with Crippen molar-refractivity contribution < 1.29 is 31.8 Å². The second-order valence-corrected chi connectivity index (χ2v) is 9.19. The van der Waals surface area contributed by atoms with Gasteiger partial charge in [-0.3, -0.25) is 10.3 Å². The van der Waals surface area contributed by atoms with E-state index in [0.29, 0.717) is 28.7 Å². The highest BCUT2D eigenvalue weighted by Crippen LogP contribution is 2.49. The first-order valence-corrected chi connectivity index (χ1v) is 11.8. The van der Waals surface area contributed by atoms with Crippen molar-refractivity contribution in [3.05, 3.63) is 65.4 Å². The molecule has 0 saturated carbocycles. The Kier molecular flexibility index (Phi) is 7.83. The number of alkyl halides is 3. The number of nitrogens with zero attached hydrogens (tertiary/aromatic N) is 1. The molecule has 0 aliphatic heterocycles. The molecule has 0 radical (unpaired) electrons. The molecule has 3 N–H and O–H groups in total. The number of ether oxygens (including phenoxy) is 1. The minimum absolute atomic E-state index is 0.153. The molecule has 2 aromatic carbocycles. The standard InChI is InChI=1S/C24H26F5N3O2S/c1-5-35-13-22(33,24(27,28)29)23(30-3,17-11-15(25)12-18(26)21(17)34-4)32-20-8-6-7-19-16(20)10-9-14(2)31-19/h6-12,30,32-33H,5,13H2,1-4H3. The van der Waals surface area contributed by atoms with Crippen LogP contribution in [0.4, 0.5) is 27.6 Å². The van der Waals surface area contributed by atoms with Crippen LogP contribution < -0.4 is 15.4 Å². The summed E-state index contributed by atoms with van der Waals surface area (Å²) in [5.74, 6) is -3.59. The van der Waals surface area contributed by atoms with Crippen molar-refractivity contribution in [1.29, 1.82) is 0 Å². The summed E-state index contributed by atoms with van der Waals surface area (Å²) in [6.07, 6.45) is -5.24. The van der Waals surface area contributed by atoms with E-state index in [1.807, 2.05) is 0 Å². The van der Waals surface area contributed by atoms with E-state index in [0.717, 1.165) is 25.9 Å². The van der Waals surface area contributed by atoms with Crippen molar-refractivity contribution in [2.45, 2.75) is 31.3 Å². The largest absolute Gasteiger partial charge is 0.493 e. The maximum Gasteiger partial charge on any atom is 0.422 e. The zero-order valence-electron chi connectivity index (χ0n) is 19.6. The van der Waals surface area contributed by atoms with Gasteiger partial charge in [0.25, 0.3) is 0 Å². The minimum Gasteiger partial charge on any atom is -0.493 e. The summed E-state index contributed by atoms with van der Waals surface area (Å²) in [6, 6.07) is 9.32. The lowest BCUT2D eigenvalue weighted by molar-refractivity contribution is -0.276. The lowest BCUT2D eigenvalue weighted by atomic mass is 9.80. The van der Waals surface area contributed by atoms with Crippen molar-refractivity contribution in [3.63, 3.8) is 0 Å².